The molecule has 6 nitrogen and oxygen atoms in total. The van der Waals surface area contributed by atoms with E-state index in [9.17, 15) is 9.90 Å². The van der Waals surface area contributed by atoms with Crippen LogP contribution in [0, 0.1) is 40.4 Å². The fraction of sp³-hybridized carbons (Fsp3) is 0.759. The van der Waals surface area contributed by atoms with Crippen molar-refractivity contribution in [1.29, 1.82) is 0 Å². The molecule has 1 aromatic heterocycles. The molecule has 35 heavy (non-hydrogen) atoms. The number of hydrogen-bond donors (Lipinski definition) is 1. The van der Waals surface area contributed by atoms with Crippen molar-refractivity contribution in [2.45, 2.75) is 83.8 Å². The number of aromatic nitrogens is 3. The molecule has 0 saturated heterocycles. The highest BCUT2D eigenvalue weighted by Gasteiger charge is 2.63. The Morgan fingerprint density at radius 2 is 1.74 bits per heavy atom. The number of carbonyl (C=O) groups is 1. The summed E-state index contributed by atoms with van der Waals surface area (Å²) in [5.74, 6) is 3.08. The normalized spacial score (nSPS) is 42.9. The first-order valence-electron chi connectivity index (χ1n) is 13.8. The van der Waals surface area contributed by atoms with Crippen LogP contribution in [0.2, 0.25) is 0 Å². The molecule has 0 amide bonds. The molecule has 6 heteroatoms. The highest BCUT2D eigenvalue weighted by Crippen LogP contribution is 2.69. The summed E-state index contributed by atoms with van der Waals surface area (Å²) in [7, 11) is 1.70. The van der Waals surface area contributed by atoms with E-state index in [2.05, 4.69) is 24.0 Å². The molecular formula is C29H41N3O3. The highest BCUT2D eigenvalue weighted by atomic mass is 16.5. The average molecular weight is 480 g/mol. The van der Waals surface area contributed by atoms with Crippen molar-refractivity contribution in [3.8, 4) is 0 Å². The van der Waals surface area contributed by atoms with Gasteiger partial charge in [0.1, 0.15) is 17.6 Å². The zero-order valence-corrected chi connectivity index (χ0v) is 21.6. The topological polar surface area (TPSA) is 77.2 Å². The molecule has 8 atom stereocenters. The van der Waals surface area contributed by atoms with Gasteiger partial charge >= 0.3 is 0 Å². The van der Waals surface area contributed by atoms with Gasteiger partial charge in [0.15, 0.2) is 5.78 Å². The summed E-state index contributed by atoms with van der Waals surface area (Å²) in [5.41, 5.74) is 1.45. The van der Waals surface area contributed by atoms with Crippen molar-refractivity contribution < 1.29 is 14.6 Å². The van der Waals surface area contributed by atoms with Gasteiger partial charge in [0.25, 0.3) is 0 Å². The molecule has 0 unspecified atom stereocenters. The first kappa shape index (κ1) is 23.6. The predicted octanol–water partition coefficient (Wildman–Crippen LogP) is 5.04. The molecule has 190 valence electrons. The third-order valence-electron chi connectivity index (χ3n) is 11.2. The highest BCUT2D eigenvalue weighted by molar-refractivity contribution is 5.82. The minimum absolute atomic E-state index is 0.0766. The van der Waals surface area contributed by atoms with Crippen LogP contribution in [0.5, 0.6) is 0 Å². The Morgan fingerprint density at radius 3 is 2.46 bits per heavy atom. The molecular weight excluding hydrogens is 438 g/mol. The van der Waals surface area contributed by atoms with Crippen molar-refractivity contribution in [3.63, 3.8) is 0 Å². The van der Waals surface area contributed by atoms with Crippen LogP contribution in [0.25, 0.3) is 11.0 Å². The number of nitrogens with zero attached hydrogens (tertiary/aromatic N) is 3. The summed E-state index contributed by atoms with van der Waals surface area (Å²) in [6, 6.07) is 7.83. The number of ether oxygens (including phenoxy) is 1. The lowest BCUT2D eigenvalue weighted by Crippen LogP contribution is -2.57. The first-order chi connectivity index (χ1) is 16.8. The van der Waals surface area contributed by atoms with Crippen molar-refractivity contribution >= 4 is 16.8 Å². The van der Waals surface area contributed by atoms with E-state index >= 15 is 0 Å². The van der Waals surface area contributed by atoms with Gasteiger partial charge in [0.05, 0.1) is 12.2 Å². The van der Waals surface area contributed by atoms with Gasteiger partial charge in [-0.1, -0.05) is 26.0 Å². The lowest BCUT2D eigenvalue weighted by Gasteiger charge is -2.62. The minimum atomic E-state index is -0.636. The maximum atomic E-state index is 13.6. The van der Waals surface area contributed by atoms with E-state index in [4.69, 9.17) is 4.74 Å². The summed E-state index contributed by atoms with van der Waals surface area (Å²) in [5, 5.41) is 20.2. The Hall–Kier alpha value is -1.79. The molecule has 1 aromatic carbocycles. The standard InChI is InChI=1S/C29H41N3O3/c1-27-13-10-19-16-29(34,18-35-3)15-11-20(19)21(27)12-14-28(2)22(8-9-26(27)28)25(33)17-32-30-23-6-4-5-7-24(23)31-32/h4-7,19-22,26,34H,8-18H2,1-3H3/t19-,20-,21+,22-,26-,27+,28+,29+/m0/s1. The first-order valence-corrected chi connectivity index (χ1v) is 13.8. The Kier molecular flexibility index (Phi) is 5.65. The number of fused-ring (bicyclic) bond motifs is 6. The number of rotatable bonds is 5. The second-order valence-corrected chi connectivity index (χ2v) is 12.9. The molecule has 4 aliphatic rings. The largest absolute Gasteiger partial charge is 0.387 e. The van der Waals surface area contributed by atoms with Crippen LogP contribution in [0.1, 0.15) is 71.6 Å². The number of carbonyl (C=O) groups excluding carboxylic acids is 1. The van der Waals surface area contributed by atoms with Gasteiger partial charge in [0, 0.05) is 13.0 Å². The van der Waals surface area contributed by atoms with Crippen LogP contribution < -0.4 is 0 Å². The Balaban J connectivity index is 1.19. The zero-order chi connectivity index (χ0) is 24.4. The second-order valence-electron chi connectivity index (χ2n) is 12.9. The molecule has 2 aromatic rings. The molecule has 0 aliphatic heterocycles. The van der Waals surface area contributed by atoms with Crippen molar-refractivity contribution in [3.05, 3.63) is 24.3 Å². The van der Waals surface area contributed by atoms with E-state index in [1.54, 1.807) is 11.9 Å². The number of ketones is 1. The fourth-order valence-corrected chi connectivity index (χ4v) is 9.69. The van der Waals surface area contributed by atoms with Crippen LogP contribution in [0.4, 0.5) is 0 Å². The second kappa shape index (κ2) is 8.37. The summed E-state index contributed by atoms with van der Waals surface area (Å²) in [4.78, 5) is 15.3. The van der Waals surface area contributed by atoms with E-state index in [1.807, 2.05) is 24.3 Å². The third-order valence-corrected chi connectivity index (χ3v) is 11.2. The molecule has 4 aliphatic carbocycles. The summed E-state index contributed by atoms with van der Waals surface area (Å²) >= 11 is 0. The van der Waals surface area contributed by atoms with Crippen molar-refractivity contribution in [2.75, 3.05) is 13.7 Å². The molecule has 1 N–H and O–H groups in total. The number of methoxy groups -OCH3 is 1. The summed E-state index contributed by atoms with van der Waals surface area (Å²) in [6.45, 7) is 5.72. The molecule has 1 heterocycles. The predicted molar refractivity (Wildman–Crippen MR) is 135 cm³/mol. The van der Waals surface area contributed by atoms with Gasteiger partial charge in [-0.05, 0) is 104 Å². The van der Waals surface area contributed by atoms with Crippen molar-refractivity contribution in [2.24, 2.45) is 40.4 Å². The fourth-order valence-electron chi connectivity index (χ4n) is 9.69. The maximum absolute atomic E-state index is 13.6. The third kappa shape index (κ3) is 3.69. The smallest absolute Gasteiger partial charge is 0.159 e. The number of Topliss-reactive ketones (excluding diaryl/α,β-unsaturated/α-hetero) is 1. The lowest BCUT2D eigenvalue weighted by atomic mass is 9.43. The van der Waals surface area contributed by atoms with E-state index in [-0.39, 0.29) is 17.9 Å². The summed E-state index contributed by atoms with van der Waals surface area (Å²) in [6.07, 6.45) is 9.86. The van der Waals surface area contributed by atoms with E-state index < -0.39 is 5.60 Å². The van der Waals surface area contributed by atoms with Gasteiger partial charge < -0.3 is 9.84 Å². The van der Waals surface area contributed by atoms with Crippen LogP contribution in [0.15, 0.2) is 24.3 Å². The van der Waals surface area contributed by atoms with Crippen LogP contribution >= 0.6 is 0 Å². The van der Waals surface area contributed by atoms with E-state index in [1.165, 1.54) is 25.7 Å². The number of benzene rings is 1. The van der Waals surface area contributed by atoms with E-state index in [0.29, 0.717) is 35.6 Å². The van der Waals surface area contributed by atoms with Crippen molar-refractivity contribution in [1.82, 2.24) is 15.0 Å². The number of aliphatic hydroxyl groups is 1. The van der Waals surface area contributed by atoms with Crippen LogP contribution in [-0.2, 0) is 16.1 Å². The molecule has 0 spiro atoms. The Morgan fingerprint density at radius 1 is 1.03 bits per heavy atom. The van der Waals surface area contributed by atoms with E-state index in [0.717, 1.165) is 49.1 Å². The molecule has 0 bridgehead atoms. The quantitative estimate of drug-likeness (QED) is 0.650. The summed E-state index contributed by atoms with van der Waals surface area (Å²) < 4.78 is 5.36. The lowest BCUT2D eigenvalue weighted by molar-refractivity contribution is -0.160. The molecule has 4 saturated carbocycles. The van der Waals surface area contributed by atoms with Gasteiger partial charge in [-0.2, -0.15) is 15.0 Å². The average Bonchev–Trinajstić information content (AvgIpc) is 3.39. The van der Waals surface area contributed by atoms with Gasteiger partial charge in [-0.15, -0.1) is 0 Å². The van der Waals surface area contributed by atoms with Gasteiger partial charge in [-0.25, -0.2) is 0 Å². The Bertz CT molecular complexity index is 1080. The monoisotopic (exact) mass is 479 g/mol. The Labute approximate surface area is 208 Å². The van der Waals surface area contributed by atoms with Crippen LogP contribution in [0.3, 0.4) is 0 Å². The maximum Gasteiger partial charge on any atom is 0.159 e. The minimum Gasteiger partial charge on any atom is -0.387 e. The van der Waals surface area contributed by atoms with Gasteiger partial charge in [0.2, 0.25) is 0 Å². The molecule has 0 radical (unpaired) electrons. The molecule has 4 fully saturated rings. The number of hydrogen-bond acceptors (Lipinski definition) is 5. The SMILES string of the molecule is COC[C@@]1(O)CC[C@H]2[C@@H](CC[C@@]3(C)[C@@H]4CC[C@@H](C(=O)Cn5nc6ccccc6n5)[C@@]4(C)CC[C@H]23)C1. The van der Waals surface area contributed by atoms with Crippen LogP contribution in [-0.4, -0.2) is 45.2 Å². The molecule has 6 rings (SSSR count). The van der Waals surface area contributed by atoms with Gasteiger partial charge in [-0.3, -0.25) is 4.79 Å². The zero-order valence-electron chi connectivity index (χ0n) is 21.6.